The van der Waals surface area contributed by atoms with E-state index in [1.54, 1.807) is 26.0 Å². The SMILES string of the molecule is CCC(NC(=O)C(C)C(C)N)c1cccc([N+](=O)[O-])c1. The zero-order chi connectivity index (χ0) is 15.3. The van der Waals surface area contributed by atoms with Crippen molar-refractivity contribution < 1.29 is 9.72 Å². The minimum absolute atomic E-state index is 0.0236. The summed E-state index contributed by atoms with van der Waals surface area (Å²) in [6.07, 6.45) is 0.651. The summed E-state index contributed by atoms with van der Waals surface area (Å²) in [5, 5.41) is 13.7. The molecule has 0 aromatic heterocycles. The summed E-state index contributed by atoms with van der Waals surface area (Å²) in [5.41, 5.74) is 6.46. The van der Waals surface area contributed by atoms with Crippen molar-refractivity contribution in [1.29, 1.82) is 0 Å². The molecule has 0 fully saturated rings. The predicted molar refractivity (Wildman–Crippen MR) is 77.1 cm³/mol. The molecule has 3 atom stereocenters. The molecule has 6 nitrogen and oxygen atoms in total. The number of rotatable bonds is 6. The first-order chi connectivity index (χ1) is 9.36. The van der Waals surface area contributed by atoms with Crippen molar-refractivity contribution in [3.63, 3.8) is 0 Å². The minimum atomic E-state index is -0.442. The van der Waals surface area contributed by atoms with Crippen LogP contribution in [-0.2, 0) is 4.79 Å². The highest BCUT2D eigenvalue weighted by Crippen LogP contribution is 2.22. The number of hydrogen-bond acceptors (Lipinski definition) is 4. The zero-order valence-electron chi connectivity index (χ0n) is 12.0. The number of carbonyl (C=O) groups excluding carboxylic acids is 1. The van der Waals surface area contributed by atoms with Crippen LogP contribution in [0.5, 0.6) is 0 Å². The van der Waals surface area contributed by atoms with Crippen molar-refractivity contribution in [2.75, 3.05) is 0 Å². The molecule has 1 amide bonds. The van der Waals surface area contributed by atoms with Crippen LogP contribution in [-0.4, -0.2) is 16.9 Å². The Morgan fingerprint density at radius 2 is 2.10 bits per heavy atom. The van der Waals surface area contributed by atoms with Crippen molar-refractivity contribution in [3.8, 4) is 0 Å². The van der Waals surface area contributed by atoms with Crippen molar-refractivity contribution in [2.24, 2.45) is 11.7 Å². The minimum Gasteiger partial charge on any atom is -0.349 e. The molecule has 0 saturated heterocycles. The molecule has 0 aliphatic rings. The summed E-state index contributed by atoms with van der Waals surface area (Å²) in [7, 11) is 0. The molecule has 0 spiro atoms. The number of hydrogen-bond donors (Lipinski definition) is 2. The van der Waals surface area contributed by atoms with Gasteiger partial charge in [0.1, 0.15) is 0 Å². The zero-order valence-corrected chi connectivity index (χ0v) is 12.0. The first-order valence-electron chi connectivity index (χ1n) is 6.67. The highest BCUT2D eigenvalue weighted by atomic mass is 16.6. The second-order valence-electron chi connectivity index (χ2n) is 4.97. The van der Waals surface area contributed by atoms with Crippen molar-refractivity contribution in [3.05, 3.63) is 39.9 Å². The average molecular weight is 279 g/mol. The summed E-state index contributed by atoms with van der Waals surface area (Å²) in [5.74, 6) is -0.443. The molecule has 0 saturated carbocycles. The normalized spacial score (nSPS) is 15.2. The maximum atomic E-state index is 12.0. The third-order valence-electron chi connectivity index (χ3n) is 3.41. The maximum absolute atomic E-state index is 12.0. The van der Waals surface area contributed by atoms with Crippen LogP contribution in [0.2, 0.25) is 0 Å². The Bertz CT molecular complexity index is 488. The van der Waals surface area contributed by atoms with E-state index in [4.69, 9.17) is 5.73 Å². The van der Waals surface area contributed by atoms with Gasteiger partial charge in [-0.05, 0) is 18.9 Å². The number of nitrogens with one attached hydrogen (secondary N) is 1. The lowest BCUT2D eigenvalue weighted by Gasteiger charge is -2.21. The Morgan fingerprint density at radius 1 is 1.45 bits per heavy atom. The fourth-order valence-electron chi connectivity index (χ4n) is 1.82. The van der Waals surface area contributed by atoms with Crippen LogP contribution in [0.4, 0.5) is 5.69 Å². The van der Waals surface area contributed by atoms with Crippen LogP contribution in [0, 0.1) is 16.0 Å². The van der Waals surface area contributed by atoms with E-state index in [2.05, 4.69) is 5.32 Å². The van der Waals surface area contributed by atoms with Gasteiger partial charge in [0.05, 0.1) is 11.0 Å². The molecule has 0 aliphatic carbocycles. The number of nitro groups is 1. The van der Waals surface area contributed by atoms with E-state index in [9.17, 15) is 14.9 Å². The molecule has 6 heteroatoms. The molecule has 110 valence electrons. The highest BCUT2D eigenvalue weighted by Gasteiger charge is 2.21. The van der Waals surface area contributed by atoms with Gasteiger partial charge in [0, 0.05) is 24.1 Å². The third kappa shape index (κ3) is 4.03. The number of amides is 1. The highest BCUT2D eigenvalue weighted by molar-refractivity contribution is 5.79. The van der Waals surface area contributed by atoms with Gasteiger partial charge in [-0.25, -0.2) is 0 Å². The molecule has 3 N–H and O–H groups in total. The number of carbonyl (C=O) groups is 1. The second-order valence-corrected chi connectivity index (χ2v) is 4.97. The fraction of sp³-hybridized carbons (Fsp3) is 0.500. The Hall–Kier alpha value is -1.95. The number of non-ortho nitro benzene ring substituents is 1. The molecular formula is C14H21N3O3. The summed E-state index contributed by atoms with van der Waals surface area (Å²) in [6, 6.07) is 5.84. The van der Waals surface area contributed by atoms with E-state index in [1.807, 2.05) is 6.92 Å². The fourth-order valence-corrected chi connectivity index (χ4v) is 1.82. The standard InChI is InChI=1S/C14H21N3O3/c1-4-13(16-14(18)9(2)10(3)15)11-6-5-7-12(8-11)17(19)20/h5-10,13H,4,15H2,1-3H3,(H,16,18). The Labute approximate surface area is 118 Å². The molecule has 3 unspecified atom stereocenters. The van der Waals surface area contributed by atoms with E-state index < -0.39 is 4.92 Å². The van der Waals surface area contributed by atoms with Gasteiger partial charge in [-0.2, -0.15) is 0 Å². The second kappa shape index (κ2) is 7.00. The van der Waals surface area contributed by atoms with E-state index in [0.717, 1.165) is 5.56 Å². The first-order valence-corrected chi connectivity index (χ1v) is 6.67. The molecule has 20 heavy (non-hydrogen) atoms. The van der Waals surface area contributed by atoms with Gasteiger partial charge in [-0.1, -0.05) is 26.0 Å². The molecule has 1 aromatic carbocycles. The van der Waals surface area contributed by atoms with Crippen LogP contribution >= 0.6 is 0 Å². The Balaban J connectivity index is 2.88. The molecule has 1 rings (SSSR count). The van der Waals surface area contributed by atoms with Crippen molar-refractivity contribution in [1.82, 2.24) is 5.32 Å². The van der Waals surface area contributed by atoms with Gasteiger partial charge < -0.3 is 11.1 Å². The van der Waals surface area contributed by atoms with Crippen LogP contribution in [0.15, 0.2) is 24.3 Å². The number of nitro benzene ring substituents is 1. The number of nitrogens with two attached hydrogens (primary N) is 1. The Morgan fingerprint density at radius 3 is 2.60 bits per heavy atom. The van der Waals surface area contributed by atoms with Crippen molar-refractivity contribution >= 4 is 11.6 Å². The quantitative estimate of drug-likeness (QED) is 0.615. The number of nitrogens with zero attached hydrogens (tertiary/aromatic N) is 1. The Kier molecular flexibility index (Phi) is 5.64. The summed E-state index contributed by atoms with van der Waals surface area (Å²) < 4.78 is 0. The van der Waals surface area contributed by atoms with Gasteiger partial charge in [0.15, 0.2) is 0 Å². The first kappa shape index (κ1) is 16.1. The van der Waals surface area contributed by atoms with E-state index in [0.29, 0.717) is 6.42 Å². The molecule has 1 aromatic rings. The lowest BCUT2D eigenvalue weighted by molar-refractivity contribution is -0.384. The summed E-state index contributed by atoms with van der Waals surface area (Å²) in [4.78, 5) is 22.4. The van der Waals surface area contributed by atoms with Gasteiger partial charge in [0.2, 0.25) is 5.91 Å². The van der Waals surface area contributed by atoms with Gasteiger partial charge in [0.25, 0.3) is 5.69 Å². The van der Waals surface area contributed by atoms with Crippen LogP contribution in [0.1, 0.15) is 38.8 Å². The predicted octanol–water partition coefficient (Wildman–Crippen LogP) is 2.15. The molecule has 0 heterocycles. The average Bonchev–Trinajstić information content (AvgIpc) is 2.43. The van der Waals surface area contributed by atoms with E-state index in [-0.39, 0.29) is 29.6 Å². The summed E-state index contributed by atoms with van der Waals surface area (Å²) >= 11 is 0. The number of benzene rings is 1. The van der Waals surface area contributed by atoms with E-state index in [1.165, 1.54) is 12.1 Å². The van der Waals surface area contributed by atoms with Crippen LogP contribution < -0.4 is 11.1 Å². The topological polar surface area (TPSA) is 98.3 Å². The largest absolute Gasteiger partial charge is 0.349 e. The third-order valence-corrected chi connectivity index (χ3v) is 3.41. The lowest BCUT2D eigenvalue weighted by atomic mass is 10.00. The van der Waals surface area contributed by atoms with E-state index >= 15 is 0 Å². The van der Waals surface area contributed by atoms with Gasteiger partial charge >= 0.3 is 0 Å². The molecular weight excluding hydrogens is 258 g/mol. The van der Waals surface area contributed by atoms with Crippen molar-refractivity contribution in [2.45, 2.75) is 39.3 Å². The molecule has 0 aliphatic heterocycles. The van der Waals surface area contributed by atoms with Crippen LogP contribution in [0.3, 0.4) is 0 Å². The van der Waals surface area contributed by atoms with Gasteiger partial charge in [-0.15, -0.1) is 0 Å². The molecule has 0 bridgehead atoms. The maximum Gasteiger partial charge on any atom is 0.269 e. The lowest BCUT2D eigenvalue weighted by Crippen LogP contribution is -2.40. The van der Waals surface area contributed by atoms with Gasteiger partial charge in [-0.3, -0.25) is 14.9 Å². The molecule has 0 radical (unpaired) electrons. The smallest absolute Gasteiger partial charge is 0.269 e. The van der Waals surface area contributed by atoms with Crippen LogP contribution in [0.25, 0.3) is 0 Å². The summed E-state index contributed by atoms with van der Waals surface area (Å²) in [6.45, 7) is 5.46. The monoisotopic (exact) mass is 279 g/mol.